The van der Waals surface area contributed by atoms with Gasteiger partial charge < -0.3 is 20.5 Å². The lowest BCUT2D eigenvalue weighted by atomic mass is 10.3. The van der Waals surface area contributed by atoms with E-state index < -0.39 is 5.97 Å². The molecule has 0 fully saturated rings. The predicted molar refractivity (Wildman–Crippen MR) is 76.7 cm³/mol. The van der Waals surface area contributed by atoms with Crippen molar-refractivity contribution >= 4 is 28.3 Å². The van der Waals surface area contributed by atoms with Crippen molar-refractivity contribution in [2.75, 3.05) is 31.3 Å². The maximum Gasteiger partial charge on any atom is 0.344 e. The molecule has 0 aliphatic heterocycles. The molecule has 0 saturated carbocycles. The second-order valence-corrected chi connectivity index (χ2v) is 5.09. The quantitative estimate of drug-likeness (QED) is 0.562. The summed E-state index contributed by atoms with van der Waals surface area (Å²) in [4.78, 5) is 11.5. The summed E-state index contributed by atoms with van der Waals surface area (Å²) in [7, 11) is 1.33. The Morgan fingerprint density at radius 3 is 2.84 bits per heavy atom. The third kappa shape index (κ3) is 5.04. The van der Waals surface area contributed by atoms with Gasteiger partial charge in [-0.1, -0.05) is 0 Å². The van der Waals surface area contributed by atoms with Gasteiger partial charge in [-0.25, -0.2) is 4.79 Å². The normalized spacial score (nSPS) is 10.7. The largest absolute Gasteiger partial charge is 0.465 e. The average molecular weight is 287 g/mol. The van der Waals surface area contributed by atoms with Crippen molar-refractivity contribution < 1.29 is 14.3 Å². The van der Waals surface area contributed by atoms with Crippen molar-refractivity contribution in [1.82, 2.24) is 4.37 Å². The van der Waals surface area contributed by atoms with Crippen LogP contribution in [0, 0.1) is 0 Å². The van der Waals surface area contributed by atoms with E-state index in [1.165, 1.54) is 18.6 Å². The molecule has 0 saturated heterocycles. The summed E-state index contributed by atoms with van der Waals surface area (Å²) < 4.78 is 14.1. The van der Waals surface area contributed by atoms with Gasteiger partial charge in [0.1, 0.15) is 10.6 Å². The van der Waals surface area contributed by atoms with Gasteiger partial charge >= 0.3 is 5.97 Å². The van der Waals surface area contributed by atoms with Gasteiger partial charge in [0, 0.05) is 13.2 Å². The number of carbonyl (C=O) groups excluding carboxylic acids is 1. The maximum atomic E-state index is 11.5. The molecule has 0 unspecified atom stereocenters. The van der Waals surface area contributed by atoms with Crippen LogP contribution in [0.4, 0.5) is 10.8 Å². The lowest BCUT2D eigenvalue weighted by molar-refractivity contribution is 0.0603. The Kier molecular flexibility index (Phi) is 6.58. The van der Waals surface area contributed by atoms with E-state index in [-0.39, 0.29) is 11.9 Å². The van der Waals surface area contributed by atoms with E-state index in [1.807, 2.05) is 13.8 Å². The first-order valence-corrected chi connectivity index (χ1v) is 7.02. The molecule has 0 spiro atoms. The highest BCUT2D eigenvalue weighted by atomic mass is 32.1. The first-order chi connectivity index (χ1) is 9.06. The van der Waals surface area contributed by atoms with Gasteiger partial charge in [-0.2, -0.15) is 4.37 Å². The minimum Gasteiger partial charge on any atom is -0.465 e. The molecule has 108 valence electrons. The number of hydrogen-bond donors (Lipinski definition) is 2. The van der Waals surface area contributed by atoms with Crippen LogP contribution in [0.25, 0.3) is 0 Å². The molecule has 0 aliphatic carbocycles. The summed E-state index contributed by atoms with van der Waals surface area (Å²) in [6.07, 6.45) is 2.18. The number of hydrogen-bond acceptors (Lipinski definition) is 7. The van der Waals surface area contributed by atoms with E-state index in [1.54, 1.807) is 0 Å². The molecule has 1 aromatic rings. The van der Waals surface area contributed by atoms with Crippen LogP contribution in [0.15, 0.2) is 0 Å². The van der Waals surface area contributed by atoms with Crippen LogP contribution < -0.4 is 11.1 Å². The molecule has 1 heterocycles. The van der Waals surface area contributed by atoms with Crippen LogP contribution >= 0.6 is 11.5 Å². The molecule has 0 radical (unpaired) electrons. The fourth-order valence-corrected chi connectivity index (χ4v) is 2.20. The zero-order valence-electron chi connectivity index (χ0n) is 11.6. The lowest BCUT2D eigenvalue weighted by Crippen LogP contribution is -2.10. The zero-order chi connectivity index (χ0) is 14.3. The number of ether oxygens (including phenoxy) is 2. The van der Waals surface area contributed by atoms with Crippen molar-refractivity contribution in [3.8, 4) is 0 Å². The van der Waals surface area contributed by atoms with Gasteiger partial charge in [0.2, 0.25) is 0 Å². The molecule has 3 N–H and O–H groups in total. The van der Waals surface area contributed by atoms with Crippen LogP contribution in [0.5, 0.6) is 0 Å². The number of esters is 1. The second-order valence-electron chi connectivity index (χ2n) is 4.32. The van der Waals surface area contributed by atoms with Crippen LogP contribution in [0.3, 0.4) is 0 Å². The number of unbranched alkanes of at least 4 members (excludes halogenated alkanes) is 1. The summed E-state index contributed by atoms with van der Waals surface area (Å²) in [5.41, 5.74) is 5.97. The summed E-state index contributed by atoms with van der Waals surface area (Å²) in [5, 5.41) is 3.82. The molecule has 6 nitrogen and oxygen atoms in total. The molecule has 0 aliphatic rings. The van der Waals surface area contributed by atoms with Crippen molar-refractivity contribution in [1.29, 1.82) is 0 Å². The molecule has 1 rings (SSSR count). The number of aromatic nitrogens is 1. The predicted octanol–water partition coefficient (Wildman–Crippen LogP) is 2.13. The Balaban J connectivity index is 2.35. The molecule has 0 amide bonds. The molecule has 19 heavy (non-hydrogen) atoms. The Hall–Kier alpha value is -1.34. The lowest BCUT2D eigenvalue weighted by Gasteiger charge is -2.08. The Labute approximate surface area is 117 Å². The van der Waals surface area contributed by atoms with Crippen molar-refractivity contribution in [3.05, 3.63) is 5.56 Å². The molecule has 1 aromatic heterocycles. The van der Waals surface area contributed by atoms with E-state index >= 15 is 0 Å². The fraction of sp³-hybridized carbons (Fsp3) is 0.667. The van der Waals surface area contributed by atoms with Gasteiger partial charge in [0.05, 0.1) is 13.2 Å². The number of nitrogens with one attached hydrogen (secondary N) is 1. The van der Waals surface area contributed by atoms with Crippen molar-refractivity contribution in [2.45, 2.75) is 32.8 Å². The van der Waals surface area contributed by atoms with Gasteiger partial charge in [-0.3, -0.25) is 0 Å². The SMILES string of the molecule is COC(=O)c1c(N)nsc1NCCCCOC(C)C. The first kappa shape index (κ1) is 15.7. The number of rotatable bonds is 8. The molecule has 0 aromatic carbocycles. The standard InChI is InChI=1S/C12H21N3O3S/c1-8(2)18-7-5-4-6-14-11-9(12(16)17-3)10(13)15-19-11/h8,14H,4-7H2,1-3H3,(H2,13,15). The Bertz CT molecular complexity index is 407. The summed E-state index contributed by atoms with van der Waals surface area (Å²) in [6.45, 7) is 5.52. The summed E-state index contributed by atoms with van der Waals surface area (Å²) >= 11 is 1.17. The minimum absolute atomic E-state index is 0.211. The number of methoxy groups -OCH3 is 1. The maximum absolute atomic E-state index is 11.5. The number of anilines is 2. The first-order valence-electron chi connectivity index (χ1n) is 6.25. The zero-order valence-corrected chi connectivity index (χ0v) is 12.4. The van der Waals surface area contributed by atoms with E-state index in [4.69, 9.17) is 10.5 Å². The molecule has 7 heteroatoms. The van der Waals surface area contributed by atoms with Crippen molar-refractivity contribution in [3.63, 3.8) is 0 Å². The van der Waals surface area contributed by atoms with Gasteiger partial charge in [-0.15, -0.1) is 0 Å². The molecule has 0 bridgehead atoms. The van der Waals surface area contributed by atoms with Crippen LogP contribution in [0.2, 0.25) is 0 Å². The second kappa shape index (κ2) is 7.96. The third-order valence-electron chi connectivity index (χ3n) is 2.42. The smallest absolute Gasteiger partial charge is 0.344 e. The highest BCUT2D eigenvalue weighted by Crippen LogP contribution is 2.27. The summed E-state index contributed by atoms with van der Waals surface area (Å²) in [6, 6.07) is 0. The monoisotopic (exact) mass is 287 g/mol. The number of nitrogens with zero attached hydrogens (tertiary/aromatic N) is 1. The third-order valence-corrected chi connectivity index (χ3v) is 3.23. The van der Waals surface area contributed by atoms with E-state index in [0.29, 0.717) is 10.6 Å². The Morgan fingerprint density at radius 1 is 1.47 bits per heavy atom. The van der Waals surface area contributed by atoms with E-state index in [9.17, 15) is 4.79 Å². The van der Waals surface area contributed by atoms with Crippen LogP contribution in [-0.4, -0.2) is 36.7 Å². The van der Waals surface area contributed by atoms with Crippen LogP contribution in [0.1, 0.15) is 37.0 Å². The van der Waals surface area contributed by atoms with E-state index in [0.717, 1.165) is 26.0 Å². The highest BCUT2D eigenvalue weighted by molar-refractivity contribution is 7.11. The highest BCUT2D eigenvalue weighted by Gasteiger charge is 2.19. The van der Waals surface area contributed by atoms with Crippen molar-refractivity contribution in [2.24, 2.45) is 0 Å². The average Bonchev–Trinajstić information content (AvgIpc) is 2.73. The van der Waals surface area contributed by atoms with E-state index in [2.05, 4.69) is 14.4 Å². The molecular weight excluding hydrogens is 266 g/mol. The minimum atomic E-state index is -0.461. The molecular formula is C12H21N3O3S. The van der Waals surface area contributed by atoms with Gasteiger partial charge in [0.25, 0.3) is 0 Å². The molecule has 0 atom stereocenters. The van der Waals surface area contributed by atoms with Gasteiger partial charge in [-0.05, 0) is 38.2 Å². The summed E-state index contributed by atoms with van der Waals surface area (Å²) in [5.74, 6) is -0.251. The number of carbonyl (C=O) groups is 1. The Morgan fingerprint density at radius 2 is 2.21 bits per heavy atom. The fourth-order valence-electron chi connectivity index (χ4n) is 1.47. The van der Waals surface area contributed by atoms with Gasteiger partial charge in [0.15, 0.2) is 5.82 Å². The number of nitrogen functional groups attached to an aromatic ring is 1. The van der Waals surface area contributed by atoms with Crippen LogP contribution in [-0.2, 0) is 9.47 Å². The number of nitrogens with two attached hydrogens (primary N) is 1. The topological polar surface area (TPSA) is 86.5 Å².